The van der Waals surface area contributed by atoms with E-state index in [9.17, 15) is 0 Å². The van der Waals surface area contributed by atoms with Gasteiger partial charge in [-0.25, -0.2) is 4.98 Å². The zero-order valence-electron chi connectivity index (χ0n) is 16.9. The maximum Gasteiger partial charge on any atom is 0.0736 e. The van der Waals surface area contributed by atoms with Crippen molar-refractivity contribution in [2.24, 2.45) is 0 Å². The van der Waals surface area contributed by atoms with E-state index < -0.39 is 0 Å². The topological polar surface area (TPSA) is 24.9 Å². The van der Waals surface area contributed by atoms with Crippen LogP contribution in [0.3, 0.4) is 0 Å². The SMILES string of the molecule is c1ccc(Nc2cc(-c3cccc4cc5ccccc5cc34)nc3ccccc23)cc1. The molecule has 0 radical (unpaired) electrons. The summed E-state index contributed by atoms with van der Waals surface area (Å²) in [6.07, 6.45) is 0. The van der Waals surface area contributed by atoms with Gasteiger partial charge in [-0.05, 0) is 57.9 Å². The Balaban J connectivity index is 1.59. The van der Waals surface area contributed by atoms with Crippen molar-refractivity contribution in [2.45, 2.75) is 0 Å². The Kier molecular flexibility index (Phi) is 4.14. The molecule has 1 aromatic heterocycles. The first-order valence-electron chi connectivity index (χ1n) is 10.5. The first-order chi connectivity index (χ1) is 15.3. The molecule has 146 valence electrons. The maximum atomic E-state index is 5.04. The van der Waals surface area contributed by atoms with Crippen LogP contribution in [0.4, 0.5) is 11.4 Å². The molecule has 31 heavy (non-hydrogen) atoms. The number of benzene rings is 5. The Morgan fingerprint density at radius 2 is 1.23 bits per heavy atom. The van der Waals surface area contributed by atoms with Crippen molar-refractivity contribution in [3.05, 3.63) is 115 Å². The smallest absolute Gasteiger partial charge is 0.0736 e. The molecule has 0 spiro atoms. The number of pyridine rings is 1. The molecule has 0 unspecified atom stereocenters. The van der Waals surface area contributed by atoms with Gasteiger partial charge in [-0.15, -0.1) is 0 Å². The van der Waals surface area contributed by atoms with Gasteiger partial charge in [-0.2, -0.15) is 0 Å². The zero-order chi connectivity index (χ0) is 20.6. The second-order valence-corrected chi connectivity index (χ2v) is 7.79. The van der Waals surface area contributed by atoms with Crippen molar-refractivity contribution < 1.29 is 0 Å². The van der Waals surface area contributed by atoms with Gasteiger partial charge in [0.2, 0.25) is 0 Å². The number of rotatable bonds is 3. The van der Waals surface area contributed by atoms with Gasteiger partial charge in [0.1, 0.15) is 0 Å². The summed E-state index contributed by atoms with van der Waals surface area (Å²) in [5.41, 5.74) is 5.22. The Bertz CT molecular complexity index is 1550. The molecule has 2 heteroatoms. The molecule has 0 saturated carbocycles. The number of nitrogens with zero attached hydrogens (tertiary/aromatic N) is 1. The van der Waals surface area contributed by atoms with Crippen LogP contribution >= 0.6 is 0 Å². The first-order valence-corrected chi connectivity index (χ1v) is 10.5. The molecule has 0 aliphatic carbocycles. The second-order valence-electron chi connectivity index (χ2n) is 7.79. The van der Waals surface area contributed by atoms with Gasteiger partial charge >= 0.3 is 0 Å². The molecule has 0 fully saturated rings. The van der Waals surface area contributed by atoms with Crippen LogP contribution < -0.4 is 5.32 Å². The van der Waals surface area contributed by atoms with Gasteiger partial charge in [-0.3, -0.25) is 0 Å². The van der Waals surface area contributed by atoms with Gasteiger partial charge in [0.05, 0.1) is 16.9 Å². The van der Waals surface area contributed by atoms with Gasteiger partial charge in [-0.1, -0.05) is 78.9 Å². The summed E-state index contributed by atoms with van der Waals surface area (Å²) in [7, 11) is 0. The summed E-state index contributed by atoms with van der Waals surface area (Å²) in [5, 5.41) is 9.65. The van der Waals surface area contributed by atoms with Crippen molar-refractivity contribution in [1.82, 2.24) is 4.98 Å². The fourth-order valence-electron chi connectivity index (χ4n) is 4.28. The van der Waals surface area contributed by atoms with Gasteiger partial charge in [0, 0.05) is 16.6 Å². The van der Waals surface area contributed by atoms with Crippen LogP contribution in [0.5, 0.6) is 0 Å². The predicted molar refractivity (Wildman–Crippen MR) is 132 cm³/mol. The molecule has 5 aromatic carbocycles. The highest BCUT2D eigenvalue weighted by molar-refractivity contribution is 6.06. The standard InChI is InChI=1S/C29H20N2/c1-2-12-23(13-3-1)30-29-19-28(31-27-16-7-6-14-25(27)29)24-15-8-11-22-17-20-9-4-5-10-21(20)18-26(22)24/h1-19H,(H,30,31). The summed E-state index contributed by atoms with van der Waals surface area (Å²) in [4.78, 5) is 5.04. The number of para-hydroxylation sites is 2. The maximum absolute atomic E-state index is 5.04. The Morgan fingerprint density at radius 1 is 0.516 bits per heavy atom. The van der Waals surface area contributed by atoms with E-state index >= 15 is 0 Å². The predicted octanol–water partition coefficient (Wildman–Crippen LogP) is 7.95. The fraction of sp³-hybridized carbons (Fsp3) is 0. The summed E-state index contributed by atoms with van der Waals surface area (Å²) in [6, 6.07) is 40.3. The lowest BCUT2D eigenvalue weighted by atomic mass is 9.97. The van der Waals surface area contributed by atoms with Gasteiger partial charge < -0.3 is 5.32 Å². The molecule has 1 N–H and O–H groups in total. The van der Waals surface area contributed by atoms with Gasteiger partial charge in [0.25, 0.3) is 0 Å². The highest BCUT2D eigenvalue weighted by Gasteiger charge is 2.11. The minimum absolute atomic E-state index is 0.970. The van der Waals surface area contributed by atoms with E-state index in [2.05, 4.69) is 96.3 Å². The molecule has 0 aliphatic rings. The average Bonchev–Trinajstić information content (AvgIpc) is 2.83. The Hall–Kier alpha value is -4.17. The summed E-state index contributed by atoms with van der Waals surface area (Å²) >= 11 is 0. The van der Waals surface area contributed by atoms with Crippen LogP contribution in [-0.4, -0.2) is 4.98 Å². The van der Waals surface area contributed by atoms with Crippen LogP contribution in [0.15, 0.2) is 115 Å². The monoisotopic (exact) mass is 396 g/mol. The quantitative estimate of drug-likeness (QED) is 0.307. The lowest BCUT2D eigenvalue weighted by Crippen LogP contribution is -1.95. The molecular formula is C29H20N2. The van der Waals surface area contributed by atoms with E-state index in [1.165, 1.54) is 21.5 Å². The minimum Gasteiger partial charge on any atom is -0.355 e. The highest BCUT2D eigenvalue weighted by Crippen LogP contribution is 2.35. The molecular weight excluding hydrogens is 376 g/mol. The molecule has 6 rings (SSSR count). The largest absolute Gasteiger partial charge is 0.355 e. The first kappa shape index (κ1) is 17.7. The molecule has 0 aliphatic heterocycles. The summed E-state index contributed by atoms with van der Waals surface area (Å²) in [6.45, 7) is 0. The van der Waals surface area contributed by atoms with Crippen molar-refractivity contribution in [2.75, 3.05) is 5.32 Å². The second kappa shape index (κ2) is 7.26. The van der Waals surface area contributed by atoms with E-state index in [-0.39, 0.29) is 0 Å². The molecule has 1 heterocycles. The molecule has 0 amide bonds. The van der Waals surface area contributed by atoms with Crippen LogP contribution in [0, 0.1) is 0 Å². The molecule has 2 nitrogen and oxygen atoms in total. The number of aromatic nitrogens is 1. The van der Waals surface area contributed by atoms with E-state index in [0.29, 0.717) is 0 Å². The number of hydrogen-bond donors (Lipinski definition) is 1. The number of nitrogens with one attached hydrogen (secondary N) is 1. The van der Waals surface area contributed by atoms with Crippen molar-refractivity contribution in [3.63, 3.8) is 0 Å². The summed E-state index contributed by atoms with van der Waals surface area (Å²) < 4.78 is 0. The van der Waals surface area contributed by atoms with Crippen molar-refractivity contribution in [3.8, 4) is 11.3 Å². The van der Waals surface area contributed by atoms with Crippen LogP contribution in [0.25, 0.3) is 43.7 Å². The number of fused-ring (bicyclic) bond motifs is 3. The van der Waals surface area contributed by atoms with Crippen molar-refractivity contribution in [1.29, 1.82) is 0 Å². The van der Waals surface area contributed by atoms with Crippen molar-refractivity contribution >= 4 is 43.8 Å². The average molecular weight is 396 g/mol. The lowest BCUT2D eigenvalue weighted by molar-refractivity contribution is 1.40. The Labute approximate surface area is 180 Å². The fourth-order valence-corrected chi connectivity index (χ4v) is 4.28. The number of anilines is 2. The third-order valence-corrected chi connectivity index (χ3v) is 5.79. The third-order valence-electron chi connectivity index (χ3n) is 5.79. The molecule has 0 atom stereocenters. The third kappa shape index (κ3) is 3.19. The van der Waals surface area contributed by atoms with Gasteiger partial charge in [0.15, 0.2) is 0 Å². The Morgan fingerprint density at radius 3 is 2.10 bits per heavy atom. The van der Waals surface area contributed by atoms with Crippen LogP contribution in [-0.2, 0) is 0 Å². The van der Waals surface area contributed by atoms with E-state index in [1.54, 1.807) is 0 Å². The summed E-state index contributed by atoms with van der Waals surface area (Å²) in [5.74, 6) is 0. The van der Waals surface area contributed by atoms with E-state index in [4.69, 9.17) is 4.98 Å². The van der Waals surface area contributed by atoms with Crippen LogP contribution in [0.2, 0.25) is 0 Å². The number of hydrogen-bond acceptors (Lipinski definition) is 2. The molecule has 0 bridgehead atoms. The van der Waals surface area contributed by atoms with E-state index in [0.717, 1.165) is 33.5 Å². The van der Waals surface area contributed by atoms with Crippen LogP contribution in [0.1, 0.15) is 0 Å². The zero-order valence-corrected chi connectivity index (χ0v) is 16.9. The molecule has 6 aromatic rings. The van der Waals surface area contributed by atoms with E-state index in [1.807, 2.05) is 24.3 Å². The normalized spacial score (nSPS) is 11.2. The molecule has 0 saturated heterocycles. The highest BCUT2D eigenvalue weighted by atomic mass is 14.9. The lowest BCUT2D eigenvalue weighted by Gasteiger charge is -2.14. The minimum atomic E-state index is 0.970.